The van der Waals surface area contributed by atoms with Crippen molar-refractivity contribution in [2.75, 3.05) is 26.7 Å². The third-order valence-electron chi connectivity index (χ3n) is 4.01. The van der Waals surface area contributed by atoms with E-state index in [-0.39, 0.29) is 18.7 Å². The van der Waals surface area contributed by atoms with Crippen molar-refractivity contribution in [1.29, 1.82) is 0 Å². The topological polar surface area (TPSA) is 52.7 Å². The van der Waals surface area contributed by atoms with Gasteiger partial charge in [-0.15, -0.1) is 0 Å². The van der Waals surface area contributed by atoms with Gasteiger partial charge in [-0.2, -0.15) is 0 Å². The van der Waals surface area contributed by atoms with Crippen LogP contribution in [0.4, 0.5) is 0 Å². The molecule has 1 fully saturated rings. The van der Waals surface area contributed by atoms with Crippen LogP contribution in [0.2, 0.25) is 0 Å². The molecule has 96 valence electrons. The molecular formula is C12H27N3O. The third kappa shape index (κ3) is 2.94. The van der Waals surface area contributed by atoms with Gasteiger partial charge >= 0.3 is 0 Å². The van der Waals surface area contributed by atoms with Crippen LogP contribution >= 0.6 is 0 Å². The van der Waals surface area contributed by atoms with Crippen LogP contribution in [0, 0.1) is 0 Å². The van der Waals surface area contributed by atoms with Crippen molar-refractivity contribution in [3.05, 3.63) is 0 Å². The van der Waals surface area contributed by atoms with Gasteiger partial charge in [0.15, 0.2) is 0 Å². The normalized spacial score (nSPS) is 32.6. The molecule has 0 aromatic rings. The van der Waals surface area contributed by atoms with Gasteiger partial charge in [0, 0.05) is 37.3 Å². The van der Waals surface area contributed by atoms with Crippen LogP contribution in [0.5, 0.6) is 0 Å². The van der Waals surface area contributed by atoms with Crippen LogP contribution < -0.4 is 5.73 Å². The van der Waals surface area contributed by atoms with Gasteiger partial charge in [-0.3, -0.25) is 9.80 Å². The molecule has 4 unspecified atom stereocenters. The van der Waals surface area contributed by atoms with Crippen molar-refractivity contribution in [3.8, 4) is 0 Å². The van der Waals surface area contributed by atoms with Crippen LogP contribution in [-0.4, -0.2) is 65.8 Å². The maximum Gasteiger partial charge on any atom is 0.0601 e. The number of rotatable bonds is 4. The van der Waals surface area contributed by atoms with E-state index in [1.807, 2.05) is 0 Å². The average molecular weight is 229 g/mol. The molecule has 1 aliphatic rings. The summed E-state index contributed by atoms with van der Waals surface area (Å²) in [6.45, 7) is 8.71. The van der Waals surface area contributed by atoms with Gasteiger partial charge in [-0.25, -0.2) is 0 Å². The Morgan fingerprint density at radius 1 is 1.31 bits per heavy atom. The predicted molar refractivity (Wildman–Crippen MR) is 67.4 cm³/mol. The molecule has 1 heterocycles. The molecule has 4 heteroatoms. The number of piperazine rings is 1. The molecule has 4 nitrogen and oxygen atoms in total. The molecule has 1 rings (SSSR count). The minimum atomic E-state index is 0.0767. The van der Waals surface area contributed by atoms with E-state index in [0.717, 1.165) is 19.5 Å². The quantitative estimate of drug-likeness (QED) is 0.718. The van der Waals surface area contributed by atoms with Crippen LogP contribution in [0.15, 0.2) is 0 Å². The fourth-order valence-corrected chi connectivity index (χ4v) is 2.51. The van der Waals surface area contributed by atoms with Gasteiger partial charge in [0.1, 0.15) is 0 Å². The Labute approximate surface area is 99.4 Å². The number of aliphatic hydroxyl groups is 1. The minimum Gasteiger partial charge on any atom is -0.395 e. The van der Waals surface area contributed by atoms with Gasteiger partial charge < -0.3 is 10.8 Å². The maximum absolute atomic E-state index is 9.48. The van der Waals surface area contributed by atoms with Gasteiger partial charge in [0.05, 0.1) is 6.61 Å². The summed E-state index contributed by atoms with van der Waals surface area (Å²) in [5.74, 6) is 0. The Morgan fingerprint density at radius 2 is 1.81 bits per heavy atom. The van der Waals surface area contributed by atoms with E-state index in [4.69, 9.17) is 5.73 Å². The summed E-state index contributed by atoms with van der Waals surface area (Å²) in [7, 11) is 2.17. The molecule has 0 aromatic heterocycles. The van der Waals surface area contributed by atoms with Crippen molar-refractivity contribution < 1.29 is 5.11 Å². The number of hydrogen-bond donors (Lipinski definition) is 2. The van der Waals surface area contributed by atoms with Crippen LogP contribution in [-0.2, 0) is 0 Å². The number of hydrogen-bond acceptors (Lipinski definition) is 4. The summed E-state index contributed by atoms with van der Waals surface area (Å²) in [6, 6.07) is 1.25. The first-order chi connectivity index (χ1) is 7.51. The highest BCUT2D eigenvalue weighted by atomic mass is 16.3. The van der Waals surface area contributed by atoms with Gasteiger partial charge in [0.2, 0.25) is 0 Å². The van der Waals surface area contributed by atoms with E-state index >= 15 is 0 Å². The Kier molecular flexibility index (Phi) is 5.18. The van der Waals surface area contributed by atoms with E-state index in [1.54, 1.807) is 0 Å². The first-order valence-electron chi connectivity index (χ1n) is 6.33. The number of nitrogens with zero attached hydrogens (tertiary/aromatic N) is 2. The molecule has 0 aromatic carbocycles. The fraction of sp³-hybridized carbons (Fsp3) is 1.00. The monoisotopic (exact) mass is 229 g/mol. The molecule has 1 aliphatic heterocycles. The smallest absolute Gasteiger partial charge is 0.0601 e. The van der Waals surface area contributed by atoms with Crippen LogP contribution in [0.3, 0.4) is 0 Å². The molecule has 0 bridgehead atoms. The largest absolute Gasteiger partial charge is 0.395 e. The fourth-order valence-electron chi connectivity index (χ4n) is 2.51. The SMILES string of the molecule is CCC(N)C(CO)N1CC(C)N(C)C(C)C1. The molecule has 1 saturated heterocycles. The van der Waals surface area contributed by atoms with Crippen molar-refractivity contribution in [2.45, 2.75) is 51.4 Å². The lowest BCUT2D eigenvalue weighted by Crippen LogP contribution is -2.61. The molecule has 3 N–H and O–H groups in total. The van der Waals surface area contributed by atoms with Crippen molar-refractivity contribution in [2.24, 2.45) is 5.73 Å². The number of nitrogens with two attached hydrogens (primary N) is 1. The van der Waals surface area contributed by atoms with E-state index in [0.29, 0.717) is 12.1 Å². The maximum atomic E-state index is 9.48. The van der Waals surface area contributed by atoms with Gasteiger partial charge in [0.25, 0.3) is 0 Å². The second kappa shape index (κ2) is 5.96. The van der Waals surface area contributed by atoms with E-state index < -0.39 is 0 Å². The Hall–Kier alpha value is -0.160. The number of likely N-dealkylation sites (N-methyl/N-ethyl adjacent to an activating group) is 1. The van der Waals surface area contributed by atoms with E-state index in [2.05, 4.69) is 37.6 Å². The molecule has 0 aliphatic carbocycles. The zero-order valence-electron chi connectivity index (χ0n) is 11.1. The lowest BCUT2D eigenvalue weighted by molar-refractivity contribution is 0.00787. The molecule has 0 amide bonds. The lowest BCUT2D eigenvalue weighted by atomic mass is 10.0. The Balaban J connectivity index is 2.65. The van der Waals surface area contributed by atoms with E-state index in [1.165, 1.54) is 0 Å². The predicted octanol–water partition coefficient (Wildman–Crippen LogP) is 0.109. The Bertz CT molecular complexity index is 200. The highest BCUT2D eigenvalue weighted by molar-refractivity contribution is 4.89. The third-order valence-corrected chi connectivity index (χ3v) is 4.01. The van der Waals surface area contributed by atoms with Gasteiger partial charge in [-0.1, -0.05) is 6.92 Å². The standard InChI is InChI=1S/C12H27N3O/c1-5-11(13)12(8-16)15-6-9(2)14(4)10(3)7-15/h9-12,16H,5-8,13H2,1-4H3. The number of aliphatic hydroxyl groups excluding tert-OH is 1. The van der Waals surface area contributed by atoms with Crippen molar-refractivity contribution in [3.63, 3.8) is 0 Å². The lowest BCUT2D eigenvalue weighted by Gasteiger charge is -2.46. The summed E-state index contributed by atoms with van der Waals surface area (Å²) < 4.78 is 0. The first-order valence-corrected chi connectivity index (χ1v) is 6.33. The zero-order valence-corrected chi connectivity index (χ0v) is 11.1. The van der Waals surface area contributed by atoms with Crippen LogP contribution in [0.25, 0.3) is 0 Å². The van der Waals surface area contributed by atoms with Crippen molar-refractivity contribution in [1.82, 2.24) is 9.80 Å². The minimum absolute atomic E-state index is 0.0767. The zero-order chi connectivity index (χ0) is 12.3. The Morgan fingerprint density at radius 3 is 2.19 bits per heavy atom. The van der Waals surface area contributed by atoms with Crippen molar-refractivity contribution >= 4 is 0 Å². The van der Waals surface area contributed by atoms with Gasteiger partial charge in [-0.05, 0) is 27.3 Å². The summed E-state index contributed by atoms with van der Waals surface area (Å²) in [5, 5.41) is 9.48. The summed E-state index contributed by atoms with van der Waals surface area (Å²) >= 11 is 0. The second-order valence-corrected chi connectivity index (χ2v) is 5.14. The average Bonchev–Trinajstić information content (AvgIpc) is 2.26. The molecule has 0 radical (unpaired) electrons. The highest BCUT2D eigenvalue weighted by Crippen LogP contribution is 2.17. The molecule has 4 atom stereocenters. The molecule has 16 heavy (non-hydrogen) atoms. The molecular weight excluding hydrogens is 202 g/mol. The molecule has 0 saturated carbocycles. The van der Waals surface area contributed by atoms with Crippen LogP contribution in [0.1, 0.15) is 27.2 Å². The summed E-state index contributed by atoms with van der Waals surface area (Å²) in [6.07, 6.45) is 0.917. The highest BCUT2D eigenvalue weighted by Gasteiger charge is 2.32. The molecule has 0 spiro atoms. The first kappa shape index (κ1) is 13.9. The summed E-state index contributed by atoms with van der Waals surface area (Å²) in [5.41, 5.74) is 6.07. The van der Waals surface area contributed by atoms with E-state index in [9.17, 15) is 5.11 Å². The summed E-state index contributed by atoms with van der Waals surface area (Å²) in [4.78, 5) is 4.74. The second-order valence-electron chi connectivity index (χ2n) is 5.14.